The second kappa shape index (κ2) is 10.5. The first-order valence-corrected chi connectivity index (χ1v) is 14.6. The van der Waals surface area contributed by atoms with Crippen LogP contribution in [0.2, 0.25) is 0 Å². The molecule has 11 nitrogen and oxygen atoms in total. The zero-order valence-electron chi connectivity index (χ0n) is 19.3. The summed E-state index contributed by atoms with van der Waals surface area (Å²) in [6.07, 6.45) is 2.37. The van der Waals surface area contributed by atoms with E-state index in [9.17, 15) is 39.2 Å². The molecule has 0 radical (unpaired) electrons. The fraction of sp³-hybridized carbons (Fsp3) is 0.286. The molecule has 0 aliphatic carbocycles. The molecule has 1 amide bonds. The van der Waals surface area contributed by atoms with Crippen LogP contribution < -0.4 is 9.62 Å². The van der Waals surface area contributed by atoms with Crippen molar-refractivity contribution in [3.05, 3.63) is 47.5 Å². The molecule has 0 aliphatic heterocycles. The SMILES string of the molecule is CCS(=O)(=O)N(C)c1ccc(C=Cc2ccc(NC(=O)C(C)C)cc2S(=O)(=O)O)c(S(=O)(=O)O)c1. The Kier molecular flexibility index (Phi) is 8.50. The third-order valence-corrected chi connectivity index (χ3v) is 8.54. The number of nitrogens with zero attached hydrogens (tertiary/aromatic N) is 1. The van der Waals surface area contributed by atoms with Gasteiger partial charge in [0.1, 0.15) is 9.79 Å². The molecule has 0 saturated heterocycles. The summed E-state index contributed by atoms with van der Waals surface area (Å²) in [7, 11) is -12.0. The molecule has 14 heteroatoms. The highest BCUT2D eigenvalue weighted by molar-refractivity contribution is 7.92. The van der Waals surface area contributed by atoms with Gasteiger partial charge in [0.25, 0.3) is 20.2 Å². The lowest BCUT2D eigenvalue weighted by Gasteiger charge is -2.19. The topological polar surface area (TPSA) is 175 Å². The summed E-state index contributed by atoms with van der Waals surface area (Å²) < 4.78 is 92.2. The Morgan fingerprint density at radius 2 is 1.40 bits per heavy atom. The summed E-state index contributed by atoms with van der Waals surface area (Å²) in [6.45, 7) is 4.70. The minimum atomic E-state index is -4.80. The molecule has 0 atom stereocenters. The van der Waals surface area contributed by atoms with Crippen LogP contribution in [0.3, 0.4) is 0 Å². The van der Waals surface area contributed by atoms with Crippen molar-refractivity contribution in [2.75, 3.05) is 22.4 Å². The number of hydrogen-bond donors (Lipinski definition) is 3. The highest BCUT2D eigenvalue weighted by Crippen LogP contribution is 2.28. The highest BCUT2D eigenvalue weighted by Gasteiger charge is 2.21. The van der Waals surface area contributed by atoms with Gasteiger partial charge in [-0.2, -0.15) is 16.8 Å². The van der Waals surface area contributed by atoms with Crippen LogP contribution in [0, 0.1) is 5.92 Å². The predicted molar refractivity (Wildman–Crippen MR) is 133 cm³/mol. The van der Waals surface area contributed by atoms with Crippen molar-refractivity contribution in [2.24, 2.45) is 5.92 Å². The van der Waals surface area contributed by atoms with E-state index in [1.807, 2.05) is 0 Å². The van der Waals surface area contributed by atoms with Gasteiger partial charge in [0.2, 0.25) is 15.9 Å². The fourth-order valence-corrected chi connectivity index (χ4v) is 5.11. The standard InChI is InChI=1S/C21H26N2O9S3/c1-5-33(25,26)23(4)18-11-9-16(20(13-18)35(30,31)32)7-6-15-8-10-17(22-21(24)14(2)3)12-19(15)34(27,28)29/h6-14H,5H2,1-4H3,(H,22,24)(H,27,28,29)(H,30,31,32). The Hall–Kier alpha value is -2.78. The Balaban J connectivity index is 2.58. The van der Waals surface area contributed by atoms with Crippen LogP contribution in [-0.2, 0) is 35.1 Å². The van der Waals surface area contributed by atoms with Crippen LogP contribution in [0.5, 0.6) is 0 Å². The van der Waals surface area contributed by atoms with Gasteiger partial charge in [-0.15, -0.1) is 0 Å². The quantitative estimate of drug-likeness (QED) is 0.315. The van der Waals surface area contributed by atoms with Crippen molar-refractivity contribution in [3.8, 4) is 0 Å². The molecule has 0 spiro atoms. The molecule has 0 aliphatic rings. The summed E-state index contributed by atoms with van der Waals surface area (Å²) in [5.41, 5.74) is 0.000214. The number of carbonyl (C=O) groups is 1. The fourth-order valence-electron chi connectivity index (χ4n) is 2.87. The van der Waals surface area contributed by atoms with E-state index in [4.69, 9.17) is 0 Å². The number of hydrogen-bond acceptors (Lipinski definition) is 7. The van der Waals surface area contributed by atoms with Crippen molar-refractivity contribution >= 4 is 59.7 Å². The molecule has 3 N–H and O–H groups in total. The molecule has 0 unspecified atom stereocenters. The van der Waals surface area contributed by atoms with Crippen LogP contribution in [0.1, 0.15) is 31.9 Å². The molecule has 0 fully saturated rings. The minimum absolute atomic E-state index is 0.0134. The van der Waals surface area contributed by atoms with Crippen LogP contribution >= 0.6 is 0 Å². The number of anilines is 2. The van der Waals surface area contributed by atoms with E-state index in [2.05, 4.69) is 5.32 Å². The van der Waals surface area contributed by atoms with Crippen molar-refractivity contribution in [3.63, 3.8) is 0 Å². The van der Waals surface area contributed by atoms with E-state index >= 15 is 0 Å². The van der Waals surface area contributed by atoms with E-state index in [1.165, 1.54) is 50.4 Å². The molecule has 0 bridgehead atoms. The van der Waals surface area contributed by atoms with Gasteiger partial charge in [-0.05, 0) is 42.3 Å². The van der Waals surface area contributed by atoms with Gasteiger partial charge in [0.05, 0.1) is 11.4 Å². The van der Waals surface area contributed by atoms with E-state index in [0.717, 1.165) is 16.4 Å². The largest absolute Gasteiger partial charge is 0.326 e. The van der Waals surface area contributed by atoms with E-state index < -0.39 is 40.1 Å². The van der Waals surface area contributed by atoms with Gasteiger partial charge >= 0.3 is 0 Å². The molecule has 2 rings (SSSR count). The molecular weight excluding hydrogens is 520 g/mol. The maximum absolute atomic E-state index is 12.1. The Morgan fingerprint density at radius 3 is 1.86 bits per heavy atom. The van der Waals surface area contributed by atoms with Crippen LogP contribution in [0.25, 0.3) is 12.2 Å². The van der Waals surface area contributed by atoms with Crippen molar-refractivity contribution in [2.45, 2.75) is 30.6 Å². The summed E-state index contributed by atoms with van der Waals surface area (Å²) in [6, 6.07) is 7.25. The molecule has 192 valence electrons. The molecule has 0 heterocycles. The zero-order valence-corrected chi connectivity index (χ0v) is 21.8. The van der Waals surface area contributed by atoms with Gasteiger partial charge in [-0.3, -0.25) is 18.2 Å². The third kappa shape index (κ3) is 7.11. The summed E-state index contributed by atoms with van der Waals surface area (Å²) >= 11 is 0. The number of amides is 1. The molecule has 0 saturated carbocycles. The van der Waals surface area contributed by atoms with E-state index in [-0.39, 0.29) is 40.1 Å². The van der Waals surface area contributed by atoms with Crippen LogP contribution in [-0.4, -0.2) is 53.1 Å². The second-order valence-corrected chi connectivity index (χ2v) is 12.8. The lowest BCUT2D eigenvalue weighted by atomic mass is 10.1. The maximum Gasteiger partial charge on any atom is 0.295 e. The van der Waals surface area contributed by atoms with Crippen LogP contribution in [0.4, 0.5) is 11.4 Å². The van der Waals surface area contributed by atoms with Gasteiger partial charge in [-0.1, -0.05) is 38.1 Å². The Bertz CT molecular complexity index is 1480. The normalized spacial score (nSPS) is 12.8. The second-order valence-electron chi connectivity index (χ2n) is 7.77. The number of nitrogens with one attached hydrogen (secondary N) is 1. The molecule has 2 aromatic rings. The van der Waals surface area contributed by atoms with E-state index in [1.54, 1.807) is 13.8 Å². The lowest BCUT2D eigenvalue weighted by Crippen LogP contribution is -2.28. The summed E-state index contributed by atoms with van der Waals surface area (Å²) in [5, 5.41) is 2.51. The average molecular weight is 547 g/mol. The van der Waals surface area contributed by atoms with Crippen molar-refractivity contribution in [1.29, 1.82) is 0 Å². The summed E-state index contributed by atoms with van der Waals surface area (Å²) in [4.78, 5) is 10.7. The predicted octanol–water partition coefficient (Wildman–Crippen LogP) is 2.73. The Labute approximate surface area is 205 Å². The van der Waals surface area contributed by atoms with Crippen molar-refractivity contribution < 1.29 is 39.2 Å². The highest BCUT2D eigenvalue weighted by atomic mass is 32.2. The first kappa shape index (κ1) is 28.5. The van der Waals surface area contributed by atoms with Gasteiger partial charge in [-0.25, -0.2) is 8.42 Å². The first-order valence-electron chi connectivity index (χ1n) is 10.2. The lowest BCUT2D eigenvalue weighted by molar-refractivity contribution is -0.118. The van der Waals surface area contributed by atoms with Crippen LogP contribution in [0.15, 0.2) is 46.2 Å². The average Bonchev–Trinajstić information content (AvgIpc) is 2.76. The number of sulfonamides is 1. The smallest absolute Gasteiger partial charge is 0.295 e. The summed E-state index contributed by atoms with van der Waals surface area (Å²) in [5.74, 6) is -0.988. The molecule has 2 aromatic carbocycles. The number of rotatable bonds is 9. The Morgan fingerprint density at radius 1 is 0.914 bits per heavy atom. The molecule has 35 heavy (non-hydrogen) atoms. The minimum Gasteiger partial charge on any atom is -0.326 e. The number of carbonyl (C=O) groups excluding carboxylic acids is 1. The van der Waals surface area contributed by atoms with Gasteiger partial charge < -0.3 is 5.32 Å². The zero-order chi connectivity index (χ0) is 26.8. The third-order valence-electron chi connectivity index (χ3n) is 4.95. The van der Waals surface area contributed by atoms with Crippen molar-refractivity contribution in [1.82, 2.24) is 0 Å². The molecular formula is C21H26N2O9S3. The van der Waals surface area contributed by atoms with Gasteiger partial charge in [0, 0.05) is 18.7 Å². The van der Waals surface area contributed by atoms with Gasteiger partial charge in [0.15, 0.2) is 0 Å². The monoisotopic (exact) mass is 546 g/mol. The number of benzene rings is 2. The maximum atomic E-state index is 12.1. The van der Waals surface area contributed by atoms with E-state index in [0.29, 0.717) is 0 Å². The first-order chi connectivity index (χ1) is 16.0. The molecule has 0 aromatic heterocycles.